The molecule has 0 spiro atoms. The van der Waals surface area contributed by atoms with Crippen LogP contribution in [0.4, 0.5) is 8.78 Å². The molecule has 0 aliphatic heterocycles. The van der Waals surface area contributed by atoms with Crippen molar-refractivity contribution in [3.05, 3.63) is 0 Å². The Kier molecular flexibility index (Phi) is 6.42. The number of alkyl halides is 2. The van der Waals surface area contributed by atoms with Gasteiger partial charge in [0.1, 0.15) is 0 Å². The van der Waals surface area contributed by atoms with Crippen LogP contribution in [0.25, 0.3) is 0 Å². The molecular formula is C11H14F2N4O2. The van der Waals surface area contributed by atoms with E-state index >= 15 is 0 Å². The lowest BCUT2D eigenvalue weighted by molar-refractivity contribution is -0.159. The average Bonchev–Trinajstić information content (AvgIpc) is 2.40. The van der Waals surface area contributed by atoms with Crippen LogP contribution in [0, 0.1) is 34.5 Å². The molecule has 2 N–H and O–H groups in total. The molecule has 0 aromatic rings. The van der Waals surface area contributed by atoms with Crippen molar-refractivity contribution in [2.75, 3.05) is 13.1 Å². The Morgan fingerprint density at radius 2 is 1.37 bits per heavy atom. The maximum absolute atomic E-state index is 13.3. The predicted octanol–water partition coefficient (Wildman–Crippen LogP) is 0.173. The van der Waals surface area contributed by atoms with Crippen LogP contribution in [0.3, 0.4) is 0 Å². The maximum Gasteiger partial charge on any atom is 0.400 e. The minimum atomic E-state index is -4.23. The molecule has 0 radical (unpaired) electrons. The molecule has 0 bridgehead atoms. The lowest BCUT2D eigenvalue weighted by atomic mass is 10.2. The molecule has 0 unspecified atom stereocenters. The first-order chi connectivity index (χ1) is 8.75. The third-order valence-corrected chi connectivity index (χ3v) is 2.15. The van der Waals surface area contributed by atoms with Crippen LogP contribution in [-0.4, -0.2) is 30.8 Å². The molecule has 2 amide bonds. The van der Waals surface area contributed by atoms with Gasteiger partial charge in [-0.2, -0.15) is 19.3 Å². The molecule has 0 saturated heterocycles. The fraction of sp³-hybridized carbons (Fsp3) is 0.636. The number of nitriles is 2. The van der Waals surface area contributed by atoms with Gasteiger partial charge < -0.3 is 10.6 Å². The standard InChI is InChI=1S/C11H14F2N4O2/c1-7(3-14)5-16-9(18)11(12,13)10(19)17-6-8(2)4-15/h7-8H,5-6H2,1-2H3,(H,16,18)(H,17,19)/t7-,8+. The van der Waals surface area contributed by atoms with E-state index in [2.05, 4.69) is 0 Å². The van der Waals surface area contributed by atoms with Gasteiger partial charge in [0, 0.05) is 13.1 Å². The second-order valence-electron chi connectivity index (χ2n) is 4.05. The lowest BCUT2D eigenvalue weighted by Crippen LogP contribution is -2.52. The Morgan fingerprint density at radius 3 is 1.63 bits per heavy atom. The normalized spacial score (nSPS) is 13.6. The van der Waals surface area contributed by atoms with Crippen molar-refractivity contribution in [3.8, 4) is 12.1 Å². The summed E-state index contributed by atoms with van der Waals surface area (Å²) in [5, 5.41) is 20.5. The molecule has 0 aromatic heterocycles. The van der Waals surface area contributed by atoms with Gasteiger partial charge in [-0.1, -0.05) is 0 Å². The van der Waals surface area contributed by atoms with Gasteiger partial charge >= 0.3 is 17.7 Å². The molecule has 6 nitrogen and oxygen atoms in total. The number of hydrogen-bond acceptors (Lipinski definition) is 4. The van der Waals surface area contributed by atoms with Gasteiger partial charge in [-0.05, 0) is 13.8 Å². The fourth-order valence-electron chi connectivity index (χ4n) is 0.908. The highest BCUT2D eigenvalue weighted by atomic mass is 19.3. The van der Waals surface area contributed by atoms with E-state index in [4.69, 9.17) is 10.5 Å². The number of rotatable bonds is 6. The Labute approximate surface area is 109 Å². The zero-order valence-electron chi connectivity index (χ0n) is 10.5. The van der Waals surface area contributed by atoms with Gasteiger partial charge in [-0.15, -0.1) is 0 Å². The van der Waals surface area contributed by atoms with Gasteiger partial charge in [0.2, 0.25) is 0 Å². The Balaban J connectivity index is 4.43. The van der Waals surface area contributed by atoms with Crippen LogP contribution in [0.15, 0.2) is 0 Å². The van der Waals surface area contributed by atoms with Crippen molar-refractivity contribution in [1.29, 1.82) is 10.5 Å². The number of amides is 2. The summed E-state index contributed by atoms with van der Waals surface area (Å²) >= 11 is 0. The van der Waals surface area contributed by atoms with E-state index < -0.39 is 29.6 Å². The molecule has 8 heteroatoms. The van der Waals surface area contributed by atoms with Gasteiger partial charge in [-0.25, -0.2) is 0 Å². The summed E-state index contributed by atoms with van der Waals surface area (Å²) in [5.41, 5.74) is 0. The first kappa shape index (κ1) is 16.8. The minimum absolute atomic E-state index is 0.271. The van der Waals surface area contributed by atoms with Crippen LogP contribution in [0.5, 0.6) is 0 Å². The minimum Gasteiger partial charge on any atom is -0.349 e. The van der Waals surface area contributed by atoms with Crippen molar-refractivity contribution in [1.82, 2.24) is 10.6 Å². The summed E-state index contributed by atoms with van der Waals surface area (Å²) < 4.78 is 26.7. The molecule has 19 heavy (non-hydrogen) atoms. The highest BCUT2D eigenvalue weighted by Crippen LogP contribution is 2.14. The molecule has 0 saturated carbocycles. The second kappa shape index (κ2) is 7.27. The Hall–Kier alpha value is -2.22. The van der Waals surface area contributed by atoms with Crippen LogP contribution < -0.4 is 10.6 Å². The number of hydrogen-bond donors (Lipinski definition) is 2. The number of nitrogens with zero attached hydrogens (tertiary/aromatic N) is 2. The van der Waals surface area contributed by atoms with Crippen molar-refractivity contribution in [2.24, 2.45) is 11.8 Å². The molecule has 0 rings (SSSR count). The van der Waals surface area contributed by atoms with E-state index in [0.29, 0.717) is 0 Å². The van der Waals surface area contributed by atoms with Crippen LogP contribution in [0.2, 0.25) is 0 Å². The highest BCUT2D eigenvalue weighted by molar-refractivity contribution is 6.06. The van der Waals surface area contributed by atoms with E-state index in [0.717, 1.165) is 0 Å². The SMILES string of the molecule is C[C@H](C#N)CNC(=O)C(F)(F)C(=O)NC[C@@H](C)C#N. The Bertz CT molecular complexity index is 387. The number of halogens is 2. The lowest BCUT2D eigenvalue weighted by Gasteiger charge is -2.16. The van der Waals surface area contributed by atoms with Crippen molar-refractivity contribution in [3.63, 3.8) is 0 Å². The van der Waals surface area contributed by atoms with Crippen LogP contribution in [0.1, 0.15) is 13.8 Å². The van der Waals surface area contributed by atoms with E-state index in [1.165, 1.54) is 13.8 Å². The zero-order valence-corrected chi connectivity index (χ0v) is 10.5. The van der Waals surface area contributed by atoms with Gasteiger partial charge in [0.15, 0.2) is 0 Å². The number of carbonyl (C=O) groups excluding carboxylic acids is 2. The molecule has 104 valence electrons. The summed E-state index contributed by atoms with van der Waals surface area (Å²) in [5.74, 6) is -9.04. The summed E-state index contributed by atoms with van der Waals surface area (Å²) in [7, 11) is 0. The van der Waals surface area contributed by atoms with Crippen LogP contribution >= 0.6 is 0 Å². The van der Waals surface area contributed by atoms with Crippen molar-refractivity contribution in [2.45, 2.75) is 19.8 Å². The molecule has 0 aromatic carbocycles. The largest absolute Gasteiger partial charge is 0.400 e. The first-order valence-electron chi connectivity index (χ1n) is 5.49. The molecule has 2 atom stereocenters. The molecular weight excluding hydrogens is 258 g/mol. The monoisotopic (exact) mass is 272 g/mol. The fourth-order valence-corrected chi connectivity index (χ4v) is 0.908. The molecule has 0 aliphatic rings. The van der Waals surface area contributed by atoms with E-state index in [9.17, 15) is 18.4 Å². The molecule has 0 fully saturated rings. The summed E-state index contributed by atoms with van der Waals surface area (Å²) in [6.45, 7) is 2.33. The quantitative estimate of drug-likeness (QED) is 0.672. The van der Waals surface area contributed by atoms with Gasteiger partial charge in [-0.3, -0.25) is 9.59 Å². The zero-order chi connectivity index (χ0) is 15.1. The summed E-state index contributed by atoms with van der Waals surface area (Å²) in [4.78, 5) is 22.3. The van der Waals surface area contributed by atoms with Crippen molar-refractivity contribution < 1.29 is 18.4 Å². The average molecular weight is 272 g/mol. The van der Waals surface area contributed by atoms with E-state index in [1.807, 2.05) is 10.6 Å². The first-order valence-corrected chi connectivity index (χ1v) is 5.49. The predicted molar refractivity (Wildman–Crippen MR) is 60.5 cm³/mol. The van der Waals surface area contributed by atoms with E-state index in [-0.39, 0.29) is 13.1 Å². The highest BCUT2D eigenvalue weighted by Gasteiger charge is 2.47. The summed E-state index contributed by atoms with van der Waals surface area (Å²) in [6.07, 6.45) is 0. The van der Waals surface area contributed by atoms with E-state index in [1.54, 1.807) is 12.1 Å². The third kappa shape index (κ3) is 5.30. The smallest absolute Gasteiger partial charge is 0.349 e. The Morgan fingerprint density at radius 1 is 1.05 bits per heavy atom. The summed E-state index contributed by atoms with van der Waals surface area (Å²) in [6, 6.07) is 3.50. The van der Waals surface area contributed by atoms with Gasteiger partial charge in [0.25, 0.3) is 0 Å². The number of nitrogens with one attached hydrogen (secondary N) is 2. The third-order valence-electron chi connectivity index (χ3n) is 2.15. The number of carbonyl (C=O) groups is 2. The topological polar surface area (TPSA) is 106 Å². The van der Waals surface area contributed by atoms with Crippen LogP contribution in [-0.2, 0) is 9.59 Å². The molecule has 0 heterocycles. The molecule has 0 aliphatic carbocycles. The maximum atomic E-state index is 13.3. The van der Waals surface area contributed by atoms with Crippen molar-refractivity contribution >= 4 is 11.8 Å². The second-order valence-corrected chi connectivity index (χ2v) is 4.05. The van der Waals surface area contributed by atoms with Gasteiger partial charge in [0.05, 0.1) is 24.0 Å².